The zero-order valence-corrected chi connectivity index (χ0v) is 13.1. The highest BCUT2D eigenvalue weighted by atomic mass is 31.2. The first-order chi connectivity index (χ1) is 11.1. The number of aliphatic hydroxyl groups excluding tert-OH is 2. The Kier molecular flexibility index (Phi) is 3.19. The van der Waals surface area contributed by atoms with Gasteiger partial charge in [0.1, 0.15) is 11.5 Å². The van der Waals surface area contributed by atoms with Crippen molar-refractivity contribution in [3.05, 3.63) is 71.8 Å². The zero-order chi connectivity index (χ0) is 16.0. The lowest BCUT2D eigenvalue weighted by Crippen LogP contribution is -2.21. The van der Waals surface area contributed by atoms with Gasteiger partial charge in [0, 0.05) is 5.56 Å². The van der Waals surface area contributed by atoms with Crippen LogP contribution in [0.15, 0.2) is 71.8 Å². The second-order valence-electron chi connectivity index (χ2n) is 5.60. The van der Waals surface area contributed by atoms with Crippen molar-refractivity contribution in [1.29, 1.82) is 0 Å². The van der Waals surface area contributed by atoms with E-state index in [0.717, 1.165) is 11.1 Å². The van der Waals surface area contributed by atoms with Crippen LogP contribution >= 0.6 is 7.37 Å². The largest absolute Gasteiger partial charge is 0.507 e. The Hall–Kier alpha value is -2.29. The Balaban J connectivity index is 1.98. The van der Waals surface area contributed by atoms with E-state index in [-0.39, 0.29) is 11.1 Å². The minimum Gasteiger partial charge on any atom is -0.507 e. The molecule has 2 aromatic rings. The number of hydrogen-bond acceptors (Lipinski definition) is 4. The number of fused-ring (bicyclic) bond motifs is 3. The number of benzene rings is 2. The van der Waals surface area contributed by atoms with E-state index in [1.807, 2.05) is 30.3 Å². The van der Waals surface area contributed by atoms with E-state index >= 15 is 0 Å². The molecule has 0 fully saturated rings. The third kappa shape index (κ3) is 2.14. The molecule has 0 radical (unpaired) electrons. The maximum atomic E-state index is 13.7. The van der Waals surface area contributed by atoms with Gasteiger partial charge in [0.15, 0.2) is 0 Å². The molecule has 2 aromatic carbocycles. The smallest absolute Gasteiger partial charge is 0.310 e. The van der Waals surface area contributed by atoms with Crippen LogP contribution in [0, 0.1) is 0 Å². The van der Waals surface area contributed by atoms with Gasteiger partial charge in [-0.2, -0.15) is 0 Å². The van der Waals surface area contributed by atoms with Crippen molar-refractivity contribution in [2.75, 3.05) is 0 Å². The van der Waals surface area contributed by atoms with Crippen molar-refractivity contribution < 1.29 is 19.3 Å². The van der Waals surface area contributed by atoms with Crippen LogP contribution in [0.2, 0.25) is 0 Å². The van der Waals surface area contributed by atoms with Crippen molar-refractivity contribution in [3.63, 3.8) is 0 Å². The van der Waals surface area contributed by atoms with E-state index in [4.69, 9.17) is 4.52 Å². The molecule has 23 heavy (non-hydrogen) atoms. The average molecular weight is 326 g/mol. The van der Waals surface area contributed by atoms with Crippen LogP contribution in [0.4, 0.5) is 0 Å². The summed E-state index contributed by atoms with van der Waals surface area (Å²) < 4.78 is 19.6. The minimum absolute atomic E-state index is 0.0900. The summed E-state index contributed by atoms with van der Waals surface area (Å²) in [5.74, 6) is 0.427. The first-order valence-electron chi connectivity index (χ1n) is 7.38. The summed E-state index contributed by atoms with van der Waals surface area (Å²) in [5.41, 5.74) is 1.70. The van der Waals surface area contributed by atoms with E-state index in [1.54, 1.807) is 18.2 Å². The SMILES string of the molecule is O=P1(C2=CC(O)CC=C2O)Oc2ccccc2-c2ccccc21. The molecule has 116 valence electrons. The van der Waals surface area contributed by atoms with Crippen molar-refractivity contribution >= 4 is 12.7 Å². The van der Waals surface area contributed by atoms with Crippen LogP contribution in [-0.2, 0) is 4.57 Å². The standard InChI is InChI=1S/C18H15O4P/c19-12-9-10-15(20)18(11-12)23(21)17-8-4-2-6-14(17)13-5-1-3-7-16(13)22-23/h1-8,10-12,19-20H,9H2. The van der Waals surface area contributed by atoms with Crippen molar-refractivity contribution in [2.45, 2.75) is 12.5 Å². The first kappa shape index (κ1) is 14.3. The molecule has 1 aliphatic carbocycles. The first-order valence-corrected chi connectivity index (χ1v) is 9.00. The molecule has 2 aliphatic rings. The third-order valence-electron chi connectivity index (χ3n) is 4.11. The van der Waals surface area contributed by atoms with E-state index in [0.29, 0.717) is 17.5 Å². The second-order valence-corrected chi connectivity index (χ2v) is 7.85. The molecule has 0 saturated heterocycles. The highest BCUT2D eigenvalue weighted by molar-refractivity contribution is 7.72. The van der Waals surface area contributed by atoms with Gasteiger partial charge < -0.3 is 14.7 Å². The molecule has 4 nitrogen and oxygen atoms in total. The molecule has 0 spiro atoms. The molecule has 0 bridgehead atoms. The molecule has 2 unspecified atom stereocenters. The summed E-state index contributed by atoms with van der Waals surface area (Å²) in [6, 6.07) is 14.7. The average Bonchev–Trinajstić information content (AvgIpc) is 2.57. The lowest BCUT2D eigenvalue weighted by atomic mass is 10.0. The molecular formula is C18H15O4P. The second kappa shape index (κ2) is 5.12. The lowest BCUT2D eigenvalue weighted by molar-refractivity contribution is 0.220. The van der Waals surface area contributed by atoms with Crippen LogP contribution in [-0.4, -0.2) is 16.3 Å². The van der Waals surface area contributed by atoms with Crippen LogP contribution in [0.1, 0.15) is 6.42 Å². The maximum Gasteiger partial charge on any atom is 0.310 e. The van der Waals surface area contributed by atoms with Gasteiger partial charge in [-0.3, -0.25) is 4.57 Å². The van der Waals surface area contributed by atoms with E-state index in [2.05, 4.69) is 0 Å². The topological polar surface area (TPSA) is 66.8 Å². The monoisotopic (exact) mass is 326 g/mol. The molecule has 2 atom stereocenters. The fourth-order valence-electron chi connectivity index (χ4n) is 3.01. The molecule has 0 saturated carbocycles. The molecule has 5 heteroatoms. The summed E-state index contributed by atoms with van der Waals surface area (Å²) >= 11 is 0. The summed E-state index contributed by atoms with van der Waals surface area (Å²) in [5, 5.41) is 20.8. The van der Waals surface area contributed by atoms with Gasteiger partial charge >= 0.3 is 7.37 Å². The Bertz CT molecular complexity index is 897. The highest BCUT2D eigenvalue weighted by Crippen LogP contribution is 2.61. The molecule has 1 heterocycles. The highest BCUT2D eigenvalue weighted by Gasteiger charge is 2.41. The molecule has 2 N–H and O–H groups in total. The summed E-state index contributed by atoms with van der Waals surface area (Å²) in [6.45, 7) is 0. The normalized spacial score (nSPS) is 25.5. The molecule has 0 amide bonds. The summed E-state index contributed by atoms with van der Waals surface area (Å²) in [7, 11) is -3.52. The predicted molar refractivity (Wildman–Crippen MR) is 89.2 cm³/mol. The van der Waals surface area contributed by atoms with Crippen LogP contribution < -0.4 is 9.83 Å². The number of para-hydroxylation sites is 1. The predicted octanol–water partition coefficient (Wildman–Crippen LogP) is 3.74. The quantitative estimate of drug-likeness (QED) is 0.784. The fourth-order valence-corrected chi connectivity index (χ4v) is 5.46. The summed E-state index contributed by atoms with van der Waals surface area (Å²) in [6.07, 6.45) is 2.43. The van der Waals surface area contributed by atoms with E-state index < -0.39 is 13.5 Å². The van der Waals surface area contributed by atoms with Gasteiger partial charge in [-0.25, -0.2) is 0 Å². The Morgan fingerprint density at radius 1 is 1.04 bits per heavy atom. The van der Waals surface area contributed by atoms with Crippen LogP contribution in [0.25, 0.3) is 11.1 Å². The Morgan fingerprint density at radius 3 is 2.57 bits per heavy atom. The number of rotatable bonds is 1. The lowest BCUT2D eigenvalue weighted by Gasteiger charge is -2.31. The summed E-state index contributed by atoms with van der Waals surface area (Å²) in [4.78, 5) is 0. The van der Waals surface area contributed by atoms with Crippen LogP contribution in [0.3, 0.4) is 0 Å². The Labute approximate surface area is 133 Å². The van der Waals surface area contributed by atoms with Gasteiger partial charge in [-0.1, -0.05) is 36.4 Å². The fraction of sp³-hybridized carbons (Fsp3) is 0.111. The zero-order valence-electron chi connectivity index (χ0n) is 12.2. The van der Waals surface area contributed by atoms with Crippen molar-refractivity contribution in [1.82, 2.24) is 0 Å². The van der Waals surface area contributed by atoms with E-state index in [9.17, 15) is 14.8 Å². The molecular weight excluding hydrogens is 311 g/mol. The maximum absolute atomic E-state index is 13.7. The Morgan fingerprint density at radius 2 is 1.74 bits per heavy atom. The third-order valence-corrected chi connectivity index (χ3v) is 6.60. The van der Waals surface area contributed by atoms with Gasteiger partial charge in [0.25, 0.3) is 0 Å². The number of allylic oxidation sites excluding steroid dienone is 1. The van der Waals surface area contributed by atoms with Crippen molar-refractivity contribution in [3.8, 4) is 16.9 Å². The van der Waals surface area contributed by atoms with Gasteiger partial charge in [-0.05, 0) is 36.3 Å². The molecule has 0 aromatic heterocycles. The van der Waals surface area contributed by atoms with Gasteiger partial charge in [-0.15, -0.1) is 0 Å². The van der Waals surface area contributed by atoms with Crippen LogP contribution in [0.5, 0.6) is 5.75 Å². The van der Waals surface area contributed by atoms with Gasteiger partial charge in [0.05, 0.1) is 16.7 Å². The minimum atomic E-state index is -3.52. The van der Waals surface area contributed by atoms with Gasteiger partial charge in [0.2, 0.25) is 0 Å². The molecule has 4 rings (SSSR count). The number of aliphatic hydroxyl groups is 2. The van der Waals surface area contributed by atoms with Crippen molar-refractivity contribution in [2.24, 2.45) is 0 Å². The molecule has 1 aliphatic heterocycles. The number of hydrogen-bond donors (Lipinski definition) is 2. The van der Waals surface area contributed by atoms with E-state index in [1.165, 1.54) is 12.2 Å².